The number of hydrogen-bond donors (Lipinski definition) is 2. The van der Waals surface area contributed by atoms with Crippen LogP contribution in [-0.2, 0) is 9.47 Å². The summed E-state index contributed by atoms with van der Waals surface area (Å²) in [6.45, 7) is 7.03. The van der Waals surface area contributed by atoms with E-state index in [1.165, 1.54) is 0 Å². The van der Waals surface area contributed by atoms with Crippen molar-refractivity contribution in [1.82, 2.24) is 5.32 Å². The van der Waals surface area contributed by atoms with Gasteiger partial charge in [0.15, 0.2) is 5.96 Å². The van der Waals surface area contributed by atoms with Gasteiger partial charge in [0.1, 0.15) is 0 Å². The number of aliphatic imine (C=N–C) groups is 1. The van der Waals surface area contributed by atoms with Crippen LogP contribution in [0.25, 0.3) is 0 Å². The van der Waals surface area contributed by atoms with Crippen LogP contribution in [0.2, 0.25) is 0 Å². The SMILES string of the molecule is COCC(C)NC(N)=NCC(C)(C)OC. The molecule has 0 aromatic heterocycles. The van der Waals surface area contributed by atoms with Crippen molar-refractivity contribution < 1.29 is 9.47 Å². The number of nitrogens with zero attached hydrogens (tertiary/aromatic N) is 1. The van der Waals surface area contributed by atoms with Gasteiger partial charge in [0.2, 0.25) is 0 Å². The Morgan fingerprint density at radius 1 is 1.47 bits per heavy atom. The van der Waals surface area contributed by atoms with Gasteiger partial charge in [-0.05, 0) is 20.8 Å². The molecule has 90 valence electrons. The first-order chi connectivity index (χ1) is 6.91. The molecule has 5 nitrogen and oxygen atoms in total. The second-order valence-electron chi connectivity index (χ2n) is 4.17. The molecule has 0 aliphatic carbocycles. The lowest BCUT2D eigenvalue weighted by molar-refractivity contribution is 0.0311. The minimum atomic E-state index is -0.281. The van der Waals surface area contributed by atoms with Crippen molar-refractivity contribution in [3.63, 3.8) is 0 Å². The number of nitrogens with one attached hydrogen (secondary N) is 1. The first-order valence-electron chi connectivity index (χ1n) is 5.02. The van der Waals surface area contributed by atoms with E-state index in [9.17, 15) is 0 Å². The monoisotopic (exact) mass is 217 g/mol. The molecule has 15 heavy (non-hydrogen) atoms. The Hall–Kier alpha value is -0.810. The average Bonchev–Trinajstić information content (AvgIpc) is 2.15. The summed E-state index contributed by atoms with van der Waals surface area (Å²) in [5.74, 6) is 0.421. The molecule has 0 aliphatic heterocycles. The third-order valence-electron chi connectivity index (χ3n) is 1.99. The largest absolute Gasteiger partial charge is 0.383 e. The Morgan fingerprint density at radius 2 is 2.07 bits per heavy atom. The molecular weight excluding hydrogens is 194 g/mol. The van der Waals surface area contributed by atoms with Gasteiger partial charge < -0.3 is 20.5 Å². The maximum absolute atomic E-state index is 5.69. The predicted octanol–water partition coefficient (Wildman–Crippen LogP) is 0.351. The quantitative estimate of drug-likeness (QED) is 0.497. The fraction of sp³-hybridized carbons (Fsp3) is 0.900. The summed E-state index contributed by atoms with van der Waals surface area (Å²) in [4.78, 5) is 4.19. The van der Waals surface area contributed by atoms with Gasteiger partial charge in [0, 0.05) is 20.3 Å². The molecule has 0 saturated heterocycles. The van der Waals surface area contributed by atoms with Crippen LogP contribution in [0.4, 0.5) is 0 Å². The van der Waals surface area contributed by atoms with Crippen LogP contribution in [0.1, 0.15) is 20.8 Å². The van der Waals surface area contributed by atoms with Crippen LogP contribution in [0, 0.1) is 0 Å². The fourth-order valence-electron chi connectivity index (χ4n) is 0.930. The lowest BCUT2D eigenvalue weighted by Gasteiger charge is -2.21. The third-order valence-corrected chi connectivity index (χ3v) is 1.99. The van der Waals surface area contributed by atoms with Crippen molar-refractivity contribution in [3.05, 3.63) is 0 Å². The average molecular weight is 217 g/mol. The molecule has 0 aromatic carbocycles. The summed E-state index contributed by atoms with van der Waals surface area (Å²) in [7, 11) is 3.31. The fourth-order valence-corrected chi connectivity index (χ4v) is 0.930. The Morgan fingerprint density at radius 3 is 2.53 bits per heavy atom. The predicted molar refractivity (Wildman–Crippen MR) is 62.1 cm³/mol. The van der Waals surface area contributed by atoms with E-state index in [2.05, 4.69) is 10.3 Å². The van der Waals surface area contributed by atoms with E-state index in [4.69, 9.17) is 15.2 Å². The van der Waals surface area contributed by atoms with Crippen molar-refractivity contribution in [2.24, 2.45) is 10.7 Å². The molecule has 1 unspecified atom stereocenters. The molecule has 0 aliphatic rings. The summed E-state index contributed by atoms with van der Waals surface area (Å²) in [5, 5.41) is 3.02. The zero-order valence-electron chi connectivity index (χ0n) is 10.3. The van der Waals surface area contributed by atoms with E-state index in [0.717, 1.165) is 0 Å². The molecule has 0 bridgehead atoms. The molecule has 1 atom stereocenters. The molecule has 0 amide bonds. The van der Waals surface area contributed by atoms with E-state index in [0.29, 0.717) is 19.1 Å². The molecule has 0 saturated carbocycles. The number of rotatable bonds is 6. The van der Waals surface area contributed by atoms with Gasteiger partial charge in [-0.15, -0.1) is 0 Å². The van der Waals surface area contributed by atoms with E-state index >= 15 is 0 Å². The first kappa shape index (κ1) is 14.2. The second kappa shape index (κ2) is 6.63. The Bertz CT molecular complexity index is 205. The van der Waals surface area contributed by atoms with Crippen LogP contribution in [0.15, 0.2) is 4.99 Å². The maximum atomic E-state index is 5.69. The number of guanidine groups is 1. The summed E-state index contributed by atoms with van der Waals surface area (Å²) in [6.07, 6.45) is 0. The molecule has 0 rings (SSSR count). The highest BCUT2D eigenvalue weighted by atomic mass is 16.5. The molecule has 5 heteroatoms. The molecule has 0 radical (unpaired) electrons. The van der Waals surface area contributed by atoms with Gasteiger partial charge in [-0.1, -0.05) is 0 Å². The Kier molecular flexibility index (Phi) is 6.27. The highest BCUT2D eigenvalue weighted by molar-refractivity contribution is 5.78. The normalized spacial score (nSPS) is 15.1. The van der Waals surface area contributed by atoms with Crippen LogP contribution >= 0.6 is 0 Å². The lowest BCUT2D eigenvalue weighted by atomic mass is 10.1. The van der Waals surface area contributed by atoms with Crippen LogP contribution in [-0.4, -0.2) is 45.0 Å². The van der Waals surface area contributed by atoms with Gasteiger partial charge in [-0.25, -0.2) is 0 Å². The highest BCUT2D eigenvalue weighted by Crippen LogP contribution is 2.06. The van der Waals surface area contributed by atoms with Gasteiger partial charge >= 0.3 is 0 Å². The van der Waals surface area contributed by atoms with Crippen LogP contribution < -0.4 is 11.1 Å². The Labute approximate surface area is 92.0 Å². The summed E-state index contributed by atoms with van der Waals surface area (Å²) in [5.41, 5.74) is 5.41. The molecular formula is C10H23N3O2. The molecule has 0 aromatic rings. The van der Waals surface area contributed by atoms with Crippen molar-refractivity contribution in [2.45, 2.75) is 32.4 Å². The van der Waals surface area contributed by atoms with E-state index < -0.39 is 0 Å². The molecule has 0 spiro atoms. The zero-order valence-corrected chi connectivity index (χ0v) is 10.3. The topological polar surface area (TPSA) is 68.9 Å². The van der Waals surface area contributed by atoms with Gasteiger partial charge in [-0.2, -0.15) is 0 Å². The van der Waals surface area contributed by atoms with Gasteiger partial charge in [-0.3, -0.25) is 4.99 Å². The number of nitrogens with two attached hydrogens (primary N) is 1. The molecule has 0 fully saturated rings. The third kappa shape index (κ3) is 7.16. The van der Waals surface area contributed by atoms with Crippen molar-refractivity contribution in [3.8, 4) is 0 Å². The summed E-state index contributed by atoms with van der Waals surface area (Å²) < 4.78 is 10.2. The minimum absolute atomic E-state index is 0.157. The first-order valence-corrected chi connectivity index (χ1v) is 5.02. The zero-order chi connectivity index (χ0) is 11.9. The van der Waals surface area contributed by atoms with Crippen LogP contribution in [0.5, 0.6) is 0 Å². The van der Waals surface area contributed by atoms with Crippen molar-refractivity contribution in [2.75, 3.05) is 27.4 Å². The van der Waals surface area contributed by atoms with E-state index in [-0.39, 0.29) is 11.6 Å². The maximum Gasteiger partial charge on any atom is 0.188 e. The van der Waals surface area contributed by atoms with Crippen molar-refractivity contribution >= 4 is 5.96 Å². The number of ether oxygens (including phenoxy) is 2. The van der Waals surface area contributed by atoms with E-state index in [1.807, 2.05) is 20.8 Å². The Balaban J connectivity index is 3.98. The van der Waals surface area contributed by atoms with E-state index in [1.54, 1.807) is 14.2 Å². The van der Waals surface area contributed by atoms with Gasteiger partial charge in [0.25, 0.3) is 0 Å². The minimum Gasteiger partial charge on any atom is -0.383 e. The summed E-state index contributed by atoms with van der Waals surface area (Å²) >= 11 is 0. The van der Waals surface area contributed by atoms with Crippen LogP contribution in [0.3, 0.4) is 0 Å². The highest BCUT2D eigenvalue weighted by Gasteiger charge is 2.15. The smallest absolute Gasteiger partial charge is 0.188 e. The standard InChI is InChI=1S/C10H23N3O2/c1-8(6-14-4)13-9(11)12-7-10(2,3)15-5/h8H,6-7H2,1-5H3,(H3,11,12,13). The molecule has 0 heterocycles. The lowest BCUT2D eigenvalue weighted by Crippen LogP contribution is -2.41. The second-order valence-corrected chi connectivity index (χ2v) is 4.17. The molecule has 3 N–H and O–H groups in total. The number of hydrogen-bond acceptors (Lipinski definition) is 3. The number of methoxy groups -OCH3 is 2. The van der Waals surface area contributed by atoms with Crippen molar-refractivity contribution in [1.29, 1.82) is 0 Å². The van der Waals surface area contributed by atoms with Gasteiger partial charge in [0.05, 0.1) is 18.8 Å². The summed E-state index contributed by atoms with van der Waals surface area (Å²) in [6, 6.07) is 0.157.